The summed E-state index contributed by atoms with van der Waals surface area (Å²) < 4.78 is 25.3. The maximum Gasteiger partial charge on any atom is 0.411 e. The number of fused-ring (bicyclic) bond motifs is 2. The summed E-state index contributed by atoms with van der Waals surface area (Å²) >= 11 is 0. The van der Waals surface area contributed by atoms with E-state index in [2.05, 4.69) is 11.4 Å². The molecular weight excluding hydrogens is 425 g/mol. The van der Waals surface area contributed by atoms with E-state index in [4.69, 9.17) is 9.15 Å². The third-order valence-corrected chi connectivity index (χ3v) is 6.26. The number of ether oxygens (including phenoxy) is 1. The van der Waals surface area contributed by atoms with Crippen LogP contribution < -0.4 is 5.32 Å². The highest BCUT2D eigenvalue weighted by Gasteiger charge is 2.52. The van der Waals surface area contributed by atoms with Gasteiger partial charge >= 0.3 is 6.09 Å². The Kier molecular flexibility index (Phi) is 6.15. The van der Waals surface area contributed by atoms with Gasteiger partial charge in [-0.05, 0) is 69.2 Å². The zero-order chi connectivity index (χ0) is 23.8. The summed E-state index contributed by atoms with van der Waals surface area (Å²) in [5.41, 5.74) is 1.07. The standard InChI is InChI=1S/C25H28FN3O4/c1-25(2,3)33-24(31)29-20-7-6-17(11-20)22(29)23(30)28-19(13-27)10-16-5-4-15(12-21(16)26)18-8-9-32-14-18/h4-5,8-9,12,14,17,19-20,22H,6-7,10-11H2,1-3H3,(H,28,30)/t17-,19-,20+,22-/m0/s1. The van der Waals surface area contributed by atoms with Crippen molar-refractivity contribution >= 4 is 12.0 Å². The first kappa shape index (κ1) is 22.8. The van der Waals surface area contributed by atoms with Crippen LogP contribution in [0.5, 0.6) is 0 Å². The largest absolute Gasteiger partial charge is 0.472 e. The van der Waals surface area contributed by atoms with Crippen LogP contribution in [0.3, 0.4) is 0 Å². The number of nitrogens with one attached hydrogen (secondary N) is 1. The number of rotatable bonds is 5. The summed E-state index contributed by atoms with van der Waals surface area (Å²) in [7, 11) is 0. The van der Waals surface area contributed by atoms with Gasteiger partial charge in [0.15, 0.2) is 0 Å². The smallest absolute Gasteiger partial charge is 0.411 e. The summed E-state index contributed by atoms with van der Waals surface area (Å²) in [5.74, 6) is -0.818. The van der Waals surface area contributed by atoms with Gasteiger partial charge in [-0.1, -0.05) is 12.1 Å². The number of hydrogen-bond donors (Lipinski definition) is 1. The van der Waals surface area contributed by atoms with Crippen LogP contribution in [0.4, 0.5) is 9.18 Å². The summed E-state index contributed by atoms with van der Waals surface area (Å²) in [6.45, 7) is 5.35. The van der Waals surface area contributed by atoms with Crippen LogP contribution >= 0.6 is 0 Å². The van der Waals surface area contributed by atoms with Crippen LogP contribution in [-0.2, 0) is 16.0 Å². The van der Waals surface area contributed by atoms with Crippen LogP contribution in [-0.4, -0.2) is 40.6 Å². The van der Waals surface area contributed by atoms with Crippen molar-refractivity contribution in [2.24, 2.45) is 5.92 Å². The fraction of sp³-hybridized carbons (Fsp3) is 0.480. The fourth-order valence-corrected chi connectivity index (χ4v) is 4.83. The summed E-state index contributed by atoms with van der Waals surface area (Å²) in [5, 5.41) is 12.4. The topological polar surface area (TPSA) is 95.6 Å². The van der Waals surface area contributed by atoms with Gasteiger partial charge in [-0.25, -0.2) is 9.18 Å². The van der Waals surface area contributed by atoms with E-state index in [1.807, 2.05) is 0 Å². The third kappa shape index (κ3) is 4.87. The van der Waals surface area contributed by atoms with Gasteiger partial charge in [-0.2, -0.15) is 5.26 Å². The fourth-order valence-electron chi connectivity index (χ4n) is 4.83. The molecule has 2 bridgehead atoms. The minimum Gasteiger partial charge on any atom is -0.472 e. The number of carbonyl (C=O) groups excluding carboxylic acids is 2. The van der Waals surface area contributed by atoms with Crippen LogP contribution in [0.1, 0.15) is 45.6 Å². The SMILES string of the molecule is CC(C)(C)OC(=O)N1[C@@H]2CC[C@@H](C2)[C@H]1C(=O)N[C@H](C#N)Cc1ccc(-c2ccoc2)cc1F. The van der Waals surface area contributed by atoms with Crippen molar-refractivity contribution in [1.29, 1.82) is 5.26 Å². The predicted octanol–water partition coefficient (Wildman–Crippen LogP) is 4.42. The van der Waals surface area contributed by atoms with Gasteiger partial charge in [0.1, 0.15) is 23.5 Å². The second kappa shape index (κ2) is 8.89. The molecule has 4 atom stereocenters. The molecule has 1 aromatic carbocycles. The molecule has 174 valence electrons. The number of nitrogens with zero attached hydrogens (tertiary/aromatic N) is 2. The van der Waals surface area contributed by atoms with E-state index in [0.717, 1.165) is 24.8 Å². The van der Waals surface area contributed by atoms with Crippen molar-refractivity contribution in [3.63, 3.8) is 0 Å². The number of hydrogen-bond acceptors (Lipinski definition) is 5. The van der Waals surface area contributed by atoms with Crippen LogP contribution in [0, 0.1) is 23.1 Å². The van der Waals surface area contributed by atoms with Gasteiger partial charge in [0.2, 0.25) is 5.91 Å². The summed E-state index contributed by atoms with van der Waals surface area (Å²) in [4.78, 5) is 27.5. The second-order valence-electron chi connectivity index (χ2n) is 9.77. The summed E-state index contributed by atoms with van der Waals surface area (Å²) in [6, 6.07) is 6.90. The molecule has 2 aromatic rings. The van der Waals surface area contributed by atoms with Gasteiger partial charge in [0, 0.05) is 18.0 Å². The van der Waals surface area contributed by atoms with Crippen LogP contribution in [0.25, 0.3) is 11.1 Å². The van der Waals surface area contributed by atoms with Crippen molar-refractivity contribution in [2.45, 2.75) is 70.2 Å². The van der Waals surface area contributed by atoms with E-state index in [9.17, 15) is 19.2 Å². The van der Waals surface area contributed by atoms with Gasteiger partial charge in [-0.3, -0.25) is 9.69 Å². The first-order chi connectivity index (χ1) is 15.7. The number of piperidine rings is 1. The summed E-state index contributed by atoms with van der Waals surface area (Å²) in [6.07, 6.45) is 4.99. The molecule has 4 rings (SSSR count). The Morgan fingerprint density at radius 2 is 2.09 bits per heavy atom. The van der Waals surface area contributed by atoms with Gasteiger partial charge < -0.3 is 14.5 Å². The molecule has 0 spiro atoms. The number of carbonyl (C=O) groups is 2. The van der Waals surface area contributed by atoms with Gasteiger partial charge in [-0.15, -0.1) is 0 Å². The maximum atomic E-state index is 14.7. The minimum atomic E-state index is -0.925. The molecule has 2 fully saturated rings. The lowest BCUT2D eigenvalue weighted by Gasteiger charge is -2.35. The van der Waals surface area contributed by atoms with Gasteiger partial charge in [0.05, 0.1) is 18.6 Å². The van der Waals surface area contributed by atoms with Crippen molar-refractivity contribution in [3.05, 3.63) is 48.2 Å². The van der Waals surface area contributed by atoms with Crippen LogP contribution in [0.15, 0.2) is 41.2 Å². The average Bonchev–Trinajstić information content (AvgIpc) is 3.50. The Morgan fingerprint density at radius 1 is 1.30 bits per heavy atom. The molecule has 0 unspecified atom stereocenters. The first-order valence-electron chi connectivity index (χ1n) is 11.2. The Labute approximate surface area is 192 Å². The highest BCUT2D eigenvalue weighted by Crippen LogP contribution is 2.43. The molecule has 2 aliphatic rings. The molecule has 33 heavy (non-hydrogen) atoms. The second-order valence-corrected chi connectivity index (χ2v) is 9.77. The number of nitriles is 1. The molecule has 1 aliphatic carbocycles. The Hall–Kier alpha value is -3.34. The molecule has 1 N–H and O–H groups in total. The van der Waals surface area contributed by atoms with E-state index in [1.165, 1.54) is 23.5 Å². The zero-order valence-electron chi connectivity index (χ0n) is 19.0. The molecule has 1 saturated heterocycles. The molecule has 2 amide bonds. The first-order valence-corrected chi connectivity index (χ1v) is 11.2. The Balaban J connectivity index is 1.45. The lowest BCUT2D eigenvalue weighted by molar-refractivity contribution is -0.128. The number of benzene rings is 1. The number of halogens is 1. The van der Waals surface area contributed by atoms with E-state index < -0.39 is 35.5 Å². The van der Waals surface area contributed by atoms with Crippen molar-refractivity contribution < 1.29 is 23.1 Å². The molecule has 8 heteroatoms. The van der Waals surface area contributed by atoms with E-state index >= 15 is 0 Å². The number of likely N-dealkylation sites (tertiary alicyclic amines) is 1. The Morgan fingerprint density at radius 3 is 2.73 bits per heavy atom. The molecular formula is C25H28FN3O4. The molecule has 1 aliphatic heterocycles. The highest BCUT2D eigenvalue weighted by molar-refractivity contribution is 5.87. The molecule has 0 radical (unpaired) electrons. The monoisotopic (exact) mass is 453 g/mol. The minimum absolute atomic E-state index is 0.0208. The maximum absolute atomic E-state index is 14.7. The molecule has 2 heterocycles. The van der Waals surface area contributed by atoms with E-state index in [0.29, 0.717) is 11.1 Å². The zero-order valence-corrected chi connectivity index (χ0v) is 19.0. The molecule has 1 saturated carbocycles. The van der Waals surface area contributed by atoms with E-state index in [-0.39, 0.29) is 18.4 Å². The van der Waals surface area contributed by atoms with Crippen LogP contribution in [0.2, 0.25) is 0 Å². The number of amides is 2. The van der Waals surface area contributed by atoms with Crippen molar-refractivity contribution in [3.8, 4) is 17.2 Å². The van der Waals surface area contributed by atoms with E-state index in [1.54, 1.807) is 39.0 Å². The van der Waals surface area contributed by atoms with Crippen molar-refractivity contribution in [2.75, 3.05) is 0 Å². The van der Waals surface area contributed by atoms with Crippen molar-refractivity contribution in [1.82, 2.24) is 10.2 Å². The molecule has 1 aromatic heterocycles. The lowest BCUT2D eigenvalue weighted by Crippen LogP contribution is -2.55. The lowest BCUT2D eigenvalue weighted by atomic mass is 9.97. The average molecular weight is 454 g/mol. The number of furan rings is 1. The normalized spacial score (nSPS) is 22.6. The molecule has 7 nitrogen and oxygen atoms in total. The van der Waals surface area contributed by atoms with Gasteiger partial charge in [0.25, 0.3) is 0 Å². The Bertz CT molecular complexity index is 1070. The highest BCUT2D eigenvalue weighted by atomic mass is 19.1. The third-order valence-electron chi connectivity index (χ3n) is 6.26. The quantitative estimate of drug-likeness (QED) is 0.723. The predicted molar refractivity (Wildman–Crippen MR) is 118 cm³/mol.